The molecule has 1 aromatic rings. The highest BCUT2D eigenvalue weighted by molar-refractivity contribution is 8.80. The van der Waals surface area contributed by atoms with Crippen LogP contribution in [-0.4, -0.2) is 10.8 Å². The highest BCUT2D eigenvalue weighted by Crippen LogP contribution is 2.46. The summed E-state index contributed by atoms with van der Waals surface area (Å²) in [5.74, 6) is 0.550. The van der Waals surface area contributed by atoms with Gasteiger partial charge in [0.05, 0.1) is 0 Å². The van der Waals surface area contributed by atoms with E-state index in [2.05, 4.69) is 16.9 Å². The molecule has 1 aromatic heterocycles. The monoisotopic (exact) mass is 249 g/mol. The molecule has 2 aliphatic rings. The number of aryl methyl sites for hydroxylation is 1. The van der Waals surface area contributed by atoms with Crippen LogP contribution < -0.4 is 10.7 Å². The van der Waals surface area contributed by atoms with E-state index in [1.165, 1.54) is 20.6 Å². The Morgan fingerprint density at radius 2 is 2.00 bits per heavy atom. The summed E-state index contributed by atoms with van der Waals surface area (Å²) >= 11 is 0. The first kappa shape index (κ1) is 10.4. The number of hydrogen-bond donors (Lipinski definition) is 1. The van der Waals surface area contributed by atoms with Crippen LogP contribution in [0.2, 0.25) is 0 Å². The highest BCUT2D eigenvalue weighted by Gasteiger charge is 2.28. The van der Waals surface area contributed by atoms with Crippen LogP contribution in [0.4, 0.5) is 0 Å². The van der Waals surface area contributed by atoms with Crippen molar-refractivity contribution in [1.29, 1.82) is 5.41 Å². The van der Waals surface area contributed by atoms with Gasteiger partial charge in [0, 0.05) is 26.6 Å². The molecule has 3 nitrogen and oxygen atoms in total. The largest absolute Gasteiger partial charge is 0.286 e. The van der Waals surface area contributed by atoms with E-state index in [0.29, 0.717) is 5.84 Å². The van der Waals surface area contributed by atoms with Crippen molar-refractivity contribution in [3.8, 4) is 0 Å². The Morgan fingerprint density at radius 3 is 2.75 bits per heavy atom. The van der Waals surface area contributed by atoms with Crippen LogP contribution in [0.5, 0.6) is 0 Å². The lowest BCUT2D eigenvalue weighted by Gasteiger charge is -2.13. The second kappa shape index (κ2) is 3.34. The van der Waals surface area contributed by atoms with Gasteiger partial charge in [-0.1, -0.05) is 28.5 Å². The molecule has 0 fully saturated rings. The molecule has 0 aromatic carbocycles. The van der Waals surface area contributed by atoms with Gasteiger partial charge < -0.3 is 0 Å². The molecule has 3 heterocycles. The lowest BCUT2D eigenvalue weighted by Crippen LogP contribution is -2.38. The number of aromatic nitrogens is 1. The van der Waals surface area contributed by atoms with E-state index < -0.39 is 0 Å². The predicted molar refractivity (Wildman–Crippen MR) is 68.2 cm³/mol. The van der Waals surface area contributed by atoms with Crippen molar-refractivity contribution in [1.82, 2.24) is 4.98 Å². The van der Waals surface area contributed by atoms with E-state index in [0.717, 1.165) is 11.2 Å². The van der Waals surface area contributed by atoms with Gasteiger partial charge in [0.25, 0.3) is 0 Å². The smallest absolute Gasteiger partial charge is 0.163 e. The average molecular weight is 249 g/mol. The molecule has 1 atom stereocenters. The molecule has 0 bridgehead atoms. The van der Waals surface area contributed by atoms with Crippen molar-refractivity contribution >= 4 is 32.3 Å². The Hall–Kier alpha value is -0.810. The normalized spacial score (nSPS) is 22.1. The molecule has 0 saturated heterocycles. The molecule has 1 N–H and O–H groups in total. The van der Waals surface area contributed by atoms with E-state index in [9.17, 15) is 0 Å². The van der Waals surface area contributed by atoms with Crippen molar-refractivity contribution in [3.63, 3.8) is 0 Å². The Kier molecular flexibility index (Phi) is 2.16. The number of rotatable bonds is 0. The molecule has 1 unspecified atom stereocenters. The first-order valence-corrected chi connectivity index (χ1v) is 7.27. The van der Waals surface area contributed by atoms with Crippen LogP contribution in [0.3, 0.4) is 0 Å². The van der Waals surface area contributed by atoms with E-state index >= 15 is 0 Å². The molecular weight excluding hydrogens is 238 g/mol. The van der Waals surface area contributed by atoms with Gasteiger partial charge in [0.15, 0.2) is 5.49 Å². The molecule has 3 rings (SSSR count). The summed E-state index contributed by atoms with van der Waals surface area (Å²) in [6.45, 7) is 6.16. The number of amidine groups is 1. The molecule has 0 spiro atoms. The van der Waals surface area contributed by atoms with Crippen molar-refractivity contribution in [2.45, 2.75) is 25.7 Å². The fraction of sp³-hybridized carbons (Fsp3) is 0.364. The standard InChI is InChI=1S/C11H11N3S2/c1-4-6(3)13-11-7-8(4)15-16-9(7)5(2)10(12)14-11/h5,12H,1-3H3. The van der Waals surface area contributed by atoms with E-state index in [1.54, 1.807) is 21.6 Å². The third-order valence-electron chi connectivity index (χ3n) is 3.10. The quantitative estimate of drug-likeness (QED) is 0.713. The van der Waals surface area contributed by atoms with Crippen molar-refractivity contribution in [3.05, 3.63) is 22.0 Å². The number of nitrogens with zero attached hydrogens (tertiary/aromatic N) is 2. The Balaban J connectivity index is 2.53. The Bertz CT molecular complexity index is 634. The molecule has 2 aliphatic heterocycles. The second-order valence-corrected chi connectivity index (χ2v) is 6.28. The minimum atomic E-state index is 0.121. The van der Waals surface area contributed by atoms with Crippen molar-refractivity contribution in [2.24, 2.45) is 10.9 Å². The SMILES string of the molecule is Cc1nc2c3c(c1C)SSC=3C(C)C(=N)N=2. The summed E-state index contributed by atoms with van der Waals surface area (Å²) in [7, 11) is 3.55. The van der Waals surface area contributed by atoms with Crippen LogP contribution in [0.1, 0.15) is 18.2 Å². The molecule has 5 heteroatoms. The first-order valence-electron chi connectivity index (χ1n) is 5.12. The van der Waals surface area contributed by atoms with Crippen molar-refractivity contribution in [2.75, 3.05) is 0 Å². The summed E-state index contributed by atoms with van der Waals surface area (Å²) in [5.41, 5.74) is 3.02. The minimum absolute atomic E-state index is 0.121. The van der Waals surface area contributed by atoms with Crippen molar-refractivity contribution < 1.29 is 0 Å². The third kappa shape index (κ3) is 1.21. The average Bonchev–Trinajstić information content (AvgIpc) is 2.68. The molecule has 0 aliphatic carbocycles. The minimum Gasteiger partial charge on any atom is -0.286 e. The van der Waals surface area contributed by atoms with Gasteiger partial charge in [-0.2, -0.15) is 0 Å². The Labute approximate surface area is 101 Å². The van der Waals surface area contributed by atoms with E-state index in [-0.39, 0.29) is 5.92 Å². The van der Waals surface area contributed by atoms with Gasteiger partial charge in [0.1, 0.15) is 5.84 Å². The summed E-state index contributed by atoms with van der Waals surface area (Å²) in [6, 6.07) is 0. The van der Waals surface area contributed by atoms with Crippen LogP contribution in [0, 0.1) is 25.2 Å². The van der Waals surface area contributed by atoms with Gasteiger partial charge in [-0.3, -0.25) is 5.41 Å². The van der Waals surface area contributed by atoms with Gasteiger partial charge in [0.2, 0.25) is 0 Å². The maximum Gasteiger partial charge on any atom is 0.163 e. The van der Waals surface area contributed by atoms with Gasteiger partial charge in [-0.25, -0.2) is 9.98 Å². The molecular formula is C11H11N3S2. The van der Waals surface area contributed by atoms with E-state index in [1.807, 2.05) is 13.8 Å². The highest BCUT2D eigenvalue weighted by atomic mass is 33.1. The summed E-state index contributed by atoms with van der Waals surface area (Å²) in [4.78, 5) is 11.4. The summed E-state index contributed by atoms with van der Waals surface area (Å²) < 4.78 is 0. The van der Waals surface area contributed by atoms with Gasteiger partial charge in [-0.05, 0) is 19.4 Å². The zero-order valence-electron chi connectivity index (χ0n) is 9.29. The number of nitrogens with one attached hydrogen (secondary N) is 1. The molecule has 0 amide bonds. The second-order valence-electron chi connectivity index (χ2n) is 4.10. The fourth-order valence-corrected chi connectivity index (χ4v) is 5.07. The lowest BCUT2D eigenvalue weighted by atomic mass is 10.1. The molecule has 0 radical (unpaired) electrons. The molecule has 82 valence electrons. The molecule has 0 saturated carbocycles. The first-order chi connectivity index (χ1) is 7.59. The maximum absolute atomic E-state index is 7.86. The van der Waals surface area contributed by atoms with Gasteiger partial charge >= 0.3 is 0 Å². The third-order valence-corrected chi connectivity index (χ3v) is 5.88. The van der Waals surface area contributed by atoms with Crippen LogP contribution in [-0.2, 0) is 0 Å². The lowest BCUT2D eigenvalue weighted by molar-refractivity contribution is 0.916. The van der Waals surface area contributed by atoms with Gasteiger partial charge in [-0.15, -0.1) is 0 Å². The Morgan fingerprint density at radius 1 is 1.25 bits per heavy atom. The zero-order chi connectivity index (χ0) is 11.4. The topological polar surface area (TPSA) is 49.1 Å². The molecule has 16 heavy (non-hydrogen) atoms. The summed E-state index contributed by atoms with van der Waals surface area (Å²) in [6.07, 6.45) is 0. The predicted octanol–water partition coefficient (Wildman–Crippen LogP) is 1.81. The number of pyridine rings is 1. The van der Waals surface area contributed by atoms with Crippen LogP contribution in [0.25, 0.3) is 4.91 Å². The number of hydrogen-bond acceptors (Lipinski definition) is 4. The summed E-state index contributed by atoms with van der Waals surface area (Å²) in [5, 5.41) is 9.04. The van der Waals surface area contributed by atoms with Crippen LogP contribution >= 0.6 is 21.6 Å². The zero-order valence-corrected chi connectivity index (χ0v) is 10.9. The fourth-order valence-electron chi connectivity index (χ4n) is 1.91. The van der Waals surface area contributed by atoms with E-state index in [4.69, 9.17) is 5.41 Å². The maximum atomic E-state index is 7.86. The van der Waals surface area contributed by atoms with Crippen LogP contribution in [0.15, 0.2) is 9.89 Å².